The molecule has 1 unspecified atom stereocenters. The maximum atomic E-state index is 13.9. The van der Waals surface area contributed by atoms with Crippen molar-refractivity contribution in [2.24, 2.45) is 5.92 Å². The van der Waals surface area contributed by atoms with Crippen LogP contribution in [0.2, 0.25) is 5.02 Å². The van der Waals surface area contributed by atoms with Gasteiger partial charge in [-0.3, -0.25) is 19.2 Å². The lowest BCUT2D eigenvalue weighted by Crippen LogP contribution is -2.56. The fraction of sp³-hybridized carbons (Fsp3) is 0.371. The van der Waals surface area contributed by atoms with Crippen LogP contribution in [0.25, 0.3) is 0 Å². The van der Waals surface area contributed by atoms with Crippen molar-refractivity contribution in [3.63, 3.8) is 0 Å². The van der Waals surface area contributed by atoms with E-state index in [4.69, 9.17) is 11.6 Å². The Morgan fingerprint density at radius 2 is 1.64 bits per heavy atom. The minimum absolute atomic E-state index is 0.0152. The summed E-state index contributed by atoms with van der Waals surface area (Å²) in [5.41, 5.74) is 3.90. The number of halogens is 1. The number of ketones is 1. The highest BCUT2D eigenvalue weighted by Crippen LogP contribution is 2.25. The second kappa shape index (κ2) is 15.6. The number of benzene rings is 3. The first kappa shape index (κ1) is 32.9. The Bertz CT molecular complexity index is 1480. The third-order valence-electron chi connectivity index (χ3n) is 7.75. The molecule has 0 spiro atoms. The van der Waals surface area contributed by atoms with Gasteiger partial charge in [0.2, 0.25) is 17.7 Å². The standard InChI is InChI=1S/C35H41ClN4O4/c1-23(2)21-37-18-17-30(34(43)38-28-13-14-29(36)24(3)19-28)39-35(44)31-20-26-11-7-8-12-27(26)22-40(31)33(42)16-15-32(41)25-9-5-4-6-10-25/h4-14,19,23,30-31,37H,15-18,20-22H2,1-3H3,(H,38,43)(H,39,44)/t30?,31-/m0/s1. The van der Waals surface area contributed by atoms with Gasteiger partial charge in [-0.1, -0.05) is 80.0 Å². The first-order valence-electron chi connectivity index (χ1n) is 15.1. The smallest absolute Gasteiger partial charge is 0.246 e. The minimum atomic E-state index is -0.841. The van der Waals surface area contributed by atoms with Crippen molar-refractivity contribution in [3.05, 3.63) is 100 Å². The molecular weight excluding hydrogens is 576 g/mol. The van der Waals surface area contributed by atoms with E-state index in [1.807, 2.05) is 37.3 Å². The highest BCUT2D eigenvalue weighted by atomic mass is 35.5. The molecule has 0 saturated heterocycles. The van der Waals surface area contributed by atoms with Crippen LogP contribution in [-0.2, 0) is 27.3 Å². The predicted octanol–water partition coefficient (Wildman–Crippen LogP) is 5.32. The quantitative estimate of drug-likeness (QED) is 0.178. The molecule has 0 aliphatic carbocycles. The van der Waals surface area contributed by atoms with Crippen molar-refractivity contribution in [2.45, 2.75) is 65.1 Å². The van der Waals surface area contributed by atoms with Crippen LogP contribution in [0.5, 0.6) is 0 Å². The SMILES string of the molecule is Cc1cc(NC(=O)C(CCNCC(C)C)NC(=O)[C@@H]2Cc3ccccc3CN2C(=O)CCC(=O)c2ccccc2)ccc1Cl. The summed E-state index contributed by atoms with van der Waals surface area (Å²) in [6.07, 6.45) is 0.706. The van der Waals surface area contributed by atoms with Crippen molar-refractivity contribution in [1.29, 1.82) is 0 Å². The molecule has 3 aromatic rings. The average Bonchev–Trinajstić information content (AvgIpc) is 3.02. The summed E-state index contributed by atoms with van der Waals surface area (Å²) in [5.74, 6) is -0.724. The summed E-state index contributed by atoms with van der Waals surface area (Å²) >= 11 is 6.16. The largest absolute Gasteiger partial charge is 0.342 e. The van der Waals surface area contributed by atoms with E-state index >= 15 is 0 Å². The van der Waals surface area contributed by atoms with E-state index in [9.17, 15) is 19.2 Å². The first-order valence-corrected chi connectivity index (χ1v) is 15.5. The van der Waals surface area contributed by atoms with E-state index in [1.165, 1.54) is 0 Å². The van der Waals surface area contributed by atoms with E-state index in [1.54, 1.807) is 47.4 Å². The van der Waals surface area contributed by atoms with Crippen molar-refractivity contribution in [1.82, 2.24) is 15.5 Å². The number of rotatable bonds is 13. The van der Waals surface area contributed by atoms with Gasteiger partial charge in [-0.15, -0.1) is 0 Å². The van der Waals surface area contributed by atoms with Crippen LogP contribution in [0, 0.1) is 12.8 Å². The Balaban J connectivity index is 1.50. The molecule has 9 heteroatoms. The molecular formula is C35H41ClN4O4. The Morgan fingerprint density at radius 3 is 2.34 bits per heavy atom. The summed E-state index contributed by atoms with van der Waals surface area (Å²) < 4.78 is 0. The first-order chi connectivity index (χ1) is 21.1. The third kappa shape index (κ3) is 9.00. The maximum absolute atomic E-state index is 13.9. The van der Waals surface area contributed by atoms with E-state index < -0.39 is 18.0 Å². The van der Waals surface area contributed by atoms with Crippen LogP contribution in [0.1, 0.15) is 60.2 Å². The van der Waals surface area contributed by atoms with Gasteiger partial charge in [-0.2, -0.15) is 0 Å². The number of carbonyl (C=O) groups excluding carboxylic acids is 4. The number of hydrogen-bond acceptors (Lipinski definition) is 5. The van der Waals surface area contributed by atoms with Crippen LogP contribution in [0.15, 0.2) is 72.8 Å². The molecule has 4 rings (SSSR count). The molecule has 2 atom stereocenters. The topological polar surface area (TPSA) is 108 Å². The summed E-state index contributed by atoms with van der Waals surface area (Å²) in [6.45, 7) is 7.61. The second-order valence-electron chi connectivity index (χ2n) is 11.7. The monoisotopic (exact) mass is 616 g/mol. The Labute approximate surface area is 264 Å². The zero-order valence-corrected chi connectivity index (χ0v) is 26.3. The van der Waals surface area contributed by atoms with Gasteiger partial charge in [-0.25, -0.2) is 0 Å². The number of anilines is 1. The van der Waals surface area contributed by atoms with Crippen LogP contribution in [0.3, 0.4) is 0 Å². The van der Waals surface area contributed by atoms with E-state index in [0.29, 0.717) is 41.6 Å². The van der Waals surface area contributed by atoms with E-state index in [2.05, 4.69) is 29.8 Å². The molecule has 1 aliphatic heterocycles. The molecule has 0 radical (unpaired) electrons. The van der Waals surface area contributed by atoms with Crippen LogP contribution in [0.4, 0.5) is 5.69 Å². The van der Waals surface area contributed by atoms with Gasteiger partial charge in [0.25, 0.3) is 0 Å². The number of hydrogen-bond donors (Lipinski definition) is 3. The van der Waals surface area contributed by atoms with Gasteiger partial charge in [0.05, 0.1) is 0 Å². The molecule has 3 N–H and O–H groups in total. The molecule has 0 bridgehead atoms. The number of Topliss-reactive ketones (excluding diaryl/α,β-unsaturated/α-hetero) is 1. The van der Waals surface area contributed by atoms with Crippen LogP contribution < -0.4 is 16.0 Å². The normalized spacial score (nSPS) is 14.9. The van der Waals surface area contributed by atoms with Crippen molar-refractivity contribution in [3.8, 4) is 0 Å². The molecule has 1 aliphatic rings. The lowest BCUT2D eigenvalue weighted by molar-refractivity contribution is -0.142. The molecule has 0 aromatic heterocycles. The third-order valence-corrected chi connectivity index (χ3v) is 8.18. The molecule has 0 fully saturated rings. The number of aryl methyl sites for hydroxylation is 1. The highest BCUT2D eigenvalue weighted by molar-refractivity contribution is 6.31. The molecule has 0 saturated carbocycles. The summed E-state index contributed by atoms with van der Waals surface area (Å²) in [5, 5.41) is 9.79. The fourth-order valence-electron chi connectivity index (χ4n) is 5.28. The molecule has 3 amide bonds. The number of nitrogens with zero attached hydrogens (tertiary/aromatic N) is 1. The van der Waals surface area contributed by atoms with E-state index in [-0.39, 0.29) is 37.0 Å². The molecule has 3 aromatic carbocycles. The van der Waals surface area contributed by atoms with Crippen molar-refractivity contribution >= 4 is 40.8 Å². The summed E-state index contributed by atoms with van der Waals surface area (Å²) in [4.78, 5) is 55.2. The van der Waals surface area contributed by atoms with Crippen molar-refractivity contribution < 1.29 is 19.2 Å². The Hall–Kier alpha value is -4.01. The zero-order valence-electron chi connectivity index (χ0n) is 25.6. The van der Waals surface area contributed by atoms with Crippen LogP contribution in [-0.4, -0.2) is 53.6 Å². The van der Waals surface area contributed by atoms with Gasteiger partial charge in [0.15, 0.2) is 5.78 Å². The summed E-state index contributed by atoms with van der Waals surface area (Å²) in [6, 6.07) is 20.2. The van der Waals surface area contributed by atoms with Gasteiger partial charge in [0.1, 0.15) is 12.1 Å². The van der Waals surface area contributed by atoms with Crippen molar-refractivity contribution in [2.75, 3.05) is 18.4 Å². The minimum Gasteiger partial charge on any atom is -0.342 e. The molecule has 44 heavy (non-hydrogen) atoms. The fourth-order valence-corrected chi connectivity index (χ4v) is 5.40. The predicted molar refractivity (Wildman–Crippen MR) is 174 cm³/mol. The lowest BCUT2D eigenvalue weighted by Gasteiger charge is -2.37. The number of amides is 3. The second-order valence-corrected chi connectivity index (χ2v) is 12.1. The lowest BCUT2D eigenvalue weighted by atomic mass is 9.92. The maximum Gasteiger partial charge on any atom is 0.246 e. The Kier molecular flexibility index (Phi) is 11.7. The summed E-state index contributed by atoms with van der Waals surface area (Å²) in [7, 11) is 0. The molecule has 232 valence electrons. The molecule has 8 nitrogen and oxygen atoms in total. The zero-order chi connectivity index (χ0) is 31.6. The Morgan fingerprint density at radius 1 is 0.932 bits per heavy atom. The van der Waals surface area contributed by atoms with Gasteiger partial charge in [-0.05, 0) is 67.2 Å². The van der Waals surface area contributed by atoms with Gasteiger partial charge < -0.3 is 20.9 Å². The average molecular weight is 617 g/mol. The number of fused-ring (bicyclic) bond motifs is 1. The highest BCUT2D eigenvalue weighted by Gasteiger charge is 2.36. The van der Waals surface area contributed by atoms with Gasteiger partial charge >= 0.3 is 0 Å². The van der Waals surface area contributed by atoms with Crippen LogP contribution >= 0.6 is 11.6 Å². The number of nitrogens with one attached hydrogen (secondary N) is 3. The number of carbonyl (C=O) groups is 4. The van der Waals surface area contributed by atoms with E-state index in [0.717, 1.165) is 23.2 Å². The molecule has 1 heterocycles. The van der Waals surface area contributed by atoms with Gasteiger partial charge in [0, 0.05) is 42.1 Å².